The minimum atomic E-state index is -0.249. The van der Waals surface area contributed by atoms with Gasteiger partial charge in [0.25, 0.3) is 0 Å². The first-order valence-electron chi connectivity index (χ1n) is 5.94. The van der Waals surface area contributed by atoms with Gasteiger partial charge in [0.2, 0.25) is 5.91 Å². The number of carbonyl (C=O) groups is 1. The molecule has 2 saturated heterocycles. The summed E-state index contributed by atoms with van der Waals surface area (Å²) in [6.07, 6.45) is 4.47. The van der Waals surface area contributed by atoms with Crippen molar-refractivity contribution in [1.29, 1.82) is 0 Å². The van der Waals surface area contributed by atoms with Gasteiger partial charge in [-0.25, -0.2) is 0 Å². The maximum absolute atomic E-state index is 12.1. The Morgan fingerprint density at radius 1 is 1.35 bits per heavy atom. The molecule has 3 atom stereocenters. The van der Waals surface area contributed by atoms with Gasteiger partial charge < -0.3 is 10.0 Å². The lowest BCUT2D eigenvalue weighted by molar-refractivity contribution is -0.138. The molecule has 92 valence electrons. The molecule has 0 spiro atoms. The molecular formula is C10H15N5O2. The van der Waals surface area contributed by atoms with Crippen molar-refractivity contribution in [2.24, 2.45) is 0 Å². The van der Waals surface area contributed by atoms with E-state index in [1.807, 2.05) is 4.90 Å². The number of fused-ring (bicyclic) bond motifs is 2. The van der Waals surface area contributed by atoms with E-state index in [9.17, 15) is 9.90 Å². The van der Waals surface area contributed by atoms with Crippen LogP contribution in [-0.4, -0.2) is 54.3 Å². The fraction of sp³-hybridized carbons (Fsp3) is 0.800. The number of amides is 1. The van der Waals surface area contributed by atoms with Crippen molar-refractivity contribution in [2.45, 2.75) is 50.4 Å². The highest BCUT2D eigenvalue weighted by Crippen LogP contribution is 2.35. The Kier molecular flexibility index (Phi) is 2.54. The molecule has 17 heavy (non-hydrogen) atoms. The smallest absolute Gasteiger partial charge is 0.246 e. The first-order chi connectivity index (χ1) is 8.24. The van der Waals surface area contributed by atoms with Crippen molar-refractivity contribution < 1.29 is 9.90 Å². The lowest BCUT2D eigenvalue weighted by atomic mass is 10.00. The maximum atomic E-state index is 12.1. The molecule has 0 saturated carbocycles. The Morgan fingerprint density at radius 2 is 2.06 bits per heavy atom. The highest BCUT2D eigenvalue weighted by Gasteiger charge is 2.42. The average Bonchev–Trinajstić information content (AvgIpc) is 2.86. The van der Waals surface area contributed by atoms with Crippen LogP contribution in [0.5, 0.6) is 0 Å². The molecule has 2 aliphatic rings. The molecule has 7 heteroatoms. The third-order valence-corrected chi connectivity index (χ3v) is 3.66. The molecule has 2 bridgehead atoms. The quantitative estimate of drug-likeness (QED) is 0.727. The second-order valence-electron chi connectivity index (χ2n) is 4.78. The number of aromatic nitrogens is 4. The number of nitrogens with zero attached hydrogens (tertiary/aromatic N) is 5. The monoisotopic (exact) mass is 237 g/mol. The van der Waals surface area contributed by atoms with Crippen LogP contribution >= 0.6 is 0 Å². The van der Waals surface area contributed by atoms with Gasteiger partial charge in [-0.15, -0.1) is 10.2 Å². The van der Waals surface area contributed by atoms with Crippen LogP contribution in [-0.2, 0) is 11.3 Å². The van der Waals surface area contributed by atoms with Gasteiger partial charge in [-0.1, -0.05) is 0 Å². The number of rotatable bonds is 2. The average molecular weight is 237 g/mol. The number of tetrazole rings is 1. The van der Waals surface area contributed by atoms with Gasteiger partial charge in [0.05, 0.1) is 6.10 Å². The number of hydrogen-bond donors (Lipinski definition) is 1. The van der Waals surface area contributed by atoms with Crippen LogP contribution in [0.2, 0.25) is 0 Å². The summed E-state index contributed by atoms with van der Waals surface area (Å²) in [4.78, 5) is 15.4. The molecule has 2 aliphatic heterocycles. The van der Waals surface area contributed by atoms with Crippen LogP contribution in [0.1, 0.15) is 25.7 Å². The second-order valence-corrected chi connectivity index (χ2v) is 4.78. The second kappa shape index (κ2) is 4.06. The SMILES string of the molecule is O=C(Cn1ncnn1)N1[C@@H]2CC[C@H]1CC(O)C2. The summed E-state index contributed by atoms with van der Waals surface area (Å²) in [6.45, 7) is 0.142. The molecule has 3 heterocycles. The number of hydrogen-bond acceptors (Lipinski definition) is 5. The van der Waals surface area contributed by atoms with Gasteiger partial charge in [0, 0.05) is 12.1 Å². The molecule has 7 nitrogen and oxygen atoms in total. The van der Waals surface area contributed by atoms with E-state index in [0.717, 1.165) is 12.8 Å². The van der Waals surface area contributed by atoms with Crippen LogP contribution in [0.15, 0.2) is 6.33 Å². The largest absolute Gasteiger partial charge is 0.393 e. The van der Waals surface area contributed by atoms with Gasteiger partial charge in [0.15, 0.2) is 6.33 Å². The van der Waals surface area contributed by atoms with E-state index in [0.29, 0.717) is 12.8 Å². The molecule has 1 amide bonds. The van der Waals surface area contributed by atoms with E-state index in [1.165, 1.54) is 11.1 Å². The molecule has 1 unspecified atom stereocenters. The van der Waals surface area contributed by atoms with E-state index < -0.39 is 0 Å². The predicted octanol–water partition coefficient (Wildman–Crippen LogP) is -0.813. The Hall–Kier alpha value is -1.50. The number of piperidine rings is 1. The maximum Gasteiger partial charge on any atom is 0.246 e. The summed E-state index contributed by atoms with van der Waals surface area (Å²) in [5, 5.41) is 20.8. The molecule has 1 N–H and O–H groups in total. The van der Waals surface area contributed by atoms with Crippen molar-refractivity contribution in [3.05, 3.63) is 6.33 Å². The summed E-state index contributed by atoms with van der Waals surface area (Å²) >= 11 is 0. The van der Waals surface area contributed by atoms with Gasteiger partial charge in [0.1, 0.15) is 6.54 Å². The van der Waals surface area contributed by atoms with E-state index in [4.69, 9.17) is 0 Å². The van der Waals surface area contributed by atoms with Crippen molar-refractivity contribution in [3.8, 4) is 0 Å². The van der Waals surface area contributed by atoms with Crippen molar-refractivity contribution in [3.63, 3.8) is 0 Å². The van der Waals surface area contributed by atoms with Crippen molar-refractivity contribution in [2.75, 3.05) is 0 Å². The topological polar surface area (TPSA) is 84.1 Å². The minimum absolute atomic E-state index is 0.0300. The highest BCUT2D eigenvalue weighted by atomic mass is 16.3. The van der Waals surface area contributed by atoms with E-state index in [2.05, 4.69) is 15.4 Å². The van der Waals surface area contributed by atoms with Crippen LogP contribution in [0, 0.1) is 0 Å². The van der Waals surface area contributed by atoms with Crippen LogP contribution < -0.4 is 0 Å². The van der Waals surface area contributed by atoms with Gasteiger partial charge in [-0.2, -0.15) is 4.80 Å². The third kappa shape index (κ3) is 1.90. The molecule has 0 aromatic carbocycles. The summed E-state index contributed by atoms with van der Waals surface area (Å²) < 4.78 is 0. The van der Waals surface area contributed by atoms with Gasteiger partial charge in [-0.3, -0.25) is 4.79 Å². The Labute approximate surface area is 98.4 Å². The van der Waals surface area contributed by atoms with Crippen LogP contribution in [0.3, 0.4) is 0 Å². The number of carbonyl (C=O) groups excluding carboxylic acids is 1. The standard InChI is InChI=1S/C10H15N5O2/c16-9-3-7-1-2-8(4-9)15(7)10(17)5-14-12-6-11-13-14/h6-9,16H,1-5H2/t7-,8+,9?. The minimum Gasteiger partial charge on any atom is -0.393 e. The molecule has 1 aromatic heterocycles. The van der Waals surface area contributed by atoms with Crippen LogP contribution in [0.4, 0.5) is 0 Å². The van der Waals surface area contributed by atoms with E-state index in [-0.39, 0.29) is 30.6 Å². The lowest BCUT2D eigenvalue weighted by Crippen LogP contribution is -2.49. The molecule has 0 aliphatic carbocycles. The number of aliphatic hydroxyl groups excluding tert-OH is 1. The number of aliphatic hydroxyl groups is 1. The highest BCUT2D eigenvalue weighted by molar-refractivity contribution is 5.77. The van der Waals surface area contributed by atoms with Crippen LogP contribution in [0.25, 0.3) is 0 Å². The van der Waals surface area contributed by atoms with E-state index in [1.54, 1.807) is 0 Å². The molecule has 1 aromatic rings. The molecule has 0 radical (unpaired) electrons. The van der Waals surface area contributed by atoms with Crippen molar-refractivity contribution in [1.82, 2.24) is 25.1 Å². The zero-order valence-corrected chi connectivity index (χ0v) is 9.44. The summed E-state index contributed by atoms with van der Waals surface area (Å²) in [7, 11) is 0. The summed E-state index contributed by atoms with van der Waals surface area (Å²) in [5.41, 5.74) is 0. The van der Waals surface area contributed by atoms with Crippen molar-refractivity contribution >= 4 is 5.91 Å². The Bertz CT molecular complexity index is 393. The Balaban J connectivity index is 1.70. The molecule has 3 rings (SSSR count). The Morgan fingerprint density at radius 3 is 2.65 bits per heavy atom. The lowest BCUT2D eigenvalue weighted by Gasteiger charge is -2.37. The summed E-state index contributed by atoms with van der Waals surface area (Å²) in [6, 6.07) is 0.388. The zero-order chi connectivity index (χ0) is 11.8. The molecular weight excluding hydrogens is 222 g/mol. The third-order valence-electron chi connectivity index (χ3n) is 3.66. The van der Waals surface area contributed by atoms with Gasteiger partial charge in [-0.05, 0) is 30.9 Å². The zero-order valence-electron chi connectivity index (χ0n) is 9.44. The summed E-state index contributed by atoms with van der Waals surface area (Å²) in [5.74, 6) is 0.0300. The predicted molar refractivity (Wildman–Crippen MR) is 56.7 cm³/mol. The van der Waals surface area contributed by atoms with Gasteiger partial charge >= 0.3 is 0 Å². The van der Waals surface area contributed by atoms with E-state index >= 15 is 0 Å². The first-order valence-corrected chi connectivity index (χ1v) is 5.94. The molecule has 2 fully saturated rings. The fourth-order valence-electron chi connectivity index (χ4n) is 3.02. The normalized spacial score (nSPS) is 31.8. The fourth-order valence-corrected chi connectivity index (χ4v) is 3.02. The first kappa shape index (κ1) is 10.6.